The predicted molar refractivity (Wildman–Crippen MR) is 51.0 cm³/mol. The zero-order chi connectivity index (χ0) is 9.72. The average molecular weight is 172 g/mol. The van der Waals surface area contributed by atoms with E-state index in [1.54, 1.807) is 11.9 Å². The van der Waals surface area contributed by atoms with E-state index in [1.807, 2.05) is 14.0 Å². The lowest BCUT2D eigenvalue weighted by molar-refractivity contribution is -0.133. The van der Waals surface area contributed by atoms with Crippen molar-refractivity contribution in [2.45, 2.75) is 39.3 Å². The topological polar surface area (TPSA) is 32.3 Å². The monoisotopic (exact) mass is 172 g/mol. The minimum Gasteiger partial charge on any atom is -0.342 e. The first kappa shape index (κ1) is 11.4. The summed E-state index contributed by atoms with van der Waals surface area (Å²) in [6, 6.07) is 0.247. The maximum absolute atomic E-state index is 11.5. The lowest BCUT2D eigenvalue weighted by Crippen LogP contribution is -2.45. The Kier molecular flexibility index (Phi) is 4.90. The molecule has 3 heteroatoms. The van der Waals surface area contributed by atoms with Crippen molar-refractivity contribution in [1.82, 2.24) is 10.2 Å². The number of rotatable bonds is 4. The highest BCUT2D eigenvalue weighted by molar-refractivity contribution is 5.81. The molecule has 0 saturated heterocycles. The third-order valence-corrected chi connectivity index (χ3v) is 2.40. The lowest BCUT2D eigenvalue weighted by Gasteiger charge is -2.26. The number of nitrogens with one attached hydrogen (secondary N) is 1. The highest BCUT2D eigenvalue weighted by Crippen LogP contribution is 2.02. The molecule has 2 atom stereocenters. The van der Waals surface area contributed by atoms with Crippen LogP contribution in [0, 0.1) is 0 Å². The van der Waals surface area contributed by atoms with Gasteiger partial charge in [0.25, 0.3) is 0 Å². The number of hydrogen-bond acceptors (Lipinski definition) is 2. The van der Waals surface area contributed by atoms with E-state index in [0.717, 1.165) is 6.42 Å². The average Bonchev–Trinajstić information content (AvgIpc) is 2.12. The van der Waals surface area contributed by atoms with Crippen molar-refractivity contribution in [3.63, 3.8) is 0 Å². The molecule has 1 amide bonds. The van der Waals surface area contributed by atoms with Crippen molar-refractivity contribution in [2.75, 3.05) is 14.1 Å². The number of hydrogen-bond donors (Lipinski definition) is 1. The number of amides is 1. The van der Waals surface area contributed by atoms with Crippen LogP contribution in [0.4, 0.5) is 0 Å². The van der Waals surface area contributed by atoms with Gasteiger partial charge in [0, 0.05) is 13.1 Å². The molecule has 0 heterocycles. The van der Waals surface area contributed by atoms with Crippen LogP contribution in [0.15, 0.2) is 0 Å². The Bertz CT molecular complexity index is 147. The van der Waals surface area contributed by atoms with E-state index in [4.69, 9.17) is 0 Å². The summed E-state index contributed by atoms with van der Waals surface area (Å²) < 4.78 is 0. The van der Waals surface area contributed by atoms with Crippen LogP contribution < -0.4 is 5.32 Å². The summed E-state index contributed by atoms with van der Waals surface area (Å²) in [5.41, 5.74) is 0. The summed E-state index contributed by atoms with van der Waals surface area (Å²) in [4.78, 5) is 13.3. The van der Waals surface area contributed by atoms with Crippen molar-refractivity contribution in [3.05, 3.63) is 0 Å². The fourth-order valence-corrected chi connectivity index (χ4v) is 0.920. The lowest BCUT2D eigenvalue weighted by atomic mass is 10.2. The van der Waals surface area contributed by atoms with Crippen molar-refractivity contribution in [2.24, 2.45) is 0 Å². The maximum Gasteiger partial charge on any atom is 0.239 e. The Hall–Kier alpha value is -0.570. The molecule has 1 N–H and O–H groups in total. The van der Waals surface area contributed by atoms with E-state index in [-0.39, 0.29) is 11.9 Å². The quantitative estimate of drug-likeness (QED) is 0.682. The first-order valence-electron chi connectivity index (χ1n) is 4.48. The normalized spacial score (nSPS) is 15.4. The molecule has 0 fully saturated rings. The Morgan fingerprint density at radius 1 is 1.50 bits per heavy atom. The van der Waals surface area contributed by atoms with Crippen molar-refractivity contribution >= 4 is 5.91 Å². The van der Waals surface area contributed by atoms with Gasteiger partial charge in [-0.1, -0.05) is 6.92 Å². The van der Waals surface area contributed by atoms with Gasteiger partial charge in [-0.25, -0.2) is 0 Å². The minimum absolute atomic E-state index is 0.0796. The van der Waals surface area contributed by atoms with Crippen LogP contribution in [0.5, 0.6) is 0 Å². The van der Waals surface area contributed by atoms with Gasteiger partial charge < -0.3 is 10.2 Å². The van der Waals surface area contributed by atoms with Crippen LogP contribution in [-0.2, 0) is 4.79 Å². The standard InChI is InChI=1S/C9H20N2O/c1-6-7(2)11(5)9(12)8(3)10-4/h7-8,10H,6H2,1-5H3. The van der Waals surface area contributed by atoms with E-state index in [9.17, 15) is 4.79 Å². The maximum atomic E-state index is 11.5. The summed E-state index contributed by atoms with van der Waals surface area (Å²) in [6.07, 6.45) is 0.999. The fourth-order valence-electron chi connectivity index (χ4n) is 0.920. The molecule has 0 aliphatic carbocycles. The number of carbonyl (C=O) groups is 1. The van der Waals surface area contributed by atoms with Gasteiger partial charge in [-0.05, 0) is 27.3 Å². The molecule has 0 aromatic carbocycles. The van der Waals surface area contributed by atoms with E-state index < -0.39 is 0 Å². The highest BCUT2D eigenvalue weighted by Gasteiger charge is 2.18. The van der Waals surface area contributed by atoms with Crippen molar-refractivity contribution in [1.29, 1.82) is 0 Å². The number of carbonyl (C=O) groups excluding carboxylic acids is 1. The van der Waals surface area contributed by atoms with Crippen LogP contribution in [0.2, 0.25) is 0 Å². The molecule has 0 aliphatic heterocycles. The molecule has 72 valence electrons. The Morgan fingerprint density at radius 3 is 2.33 bits per heavy atom. The number of nitrogens with zero attached hydrogens (tertiary/aromatic N) is 1. The predicted octanol–water partition coefficient (Wildman–Crippen LogP) is 0.851. The molecule has 0 radical (unpaired) electrons. The Labute approximate surface area is 75.1 Å². The second-order valence-electron chi connectivity index (χ2n) is 3.22. The molecule has 3 nitrogen and oxygen atoms in total. The third kappa shape index (κ3) is 2.81. The SMILES string of the molecule is CCC(C)N(C)C(=O)C(C)NC. The van der Waals surface area contributed by atoms with Gasteiger partial charge in [-0.3, -0.25) is 4.79 Å². The number of likely N-dealkylation sites (N-methyl/N-ethyl adjacent to an activating group) is 2. The second kappa shape index (κ2) is 5.14. The summed E-state index contributed by atoms with van der Waals surface area (Å²) in [5, 5.41) is 2.93. The first-order valence-corrected chi connectivity index (χ1v) is 4.48. The largest absolute Gasteiger partial charge is 0.342 e. The van der Waals surface area contributed by atoms with Gasteiger partial charge in [-0.15, -0.1) is 0 Å². The fraction of sp³-hybridized carbons (Fsp3) is 0.889. The van der Waals surface area contributed by atoms with E-state index in [1.165, 1.54) is 0 Å². The van der Waals surface area contributed by atoms with Gasteiger partial charge in [0.2, 0.25) is 5.91 Å². The first-order chi connectivity index (χ1) is 5.54. The van der Waals surface area contributed by atoms with E-state index in [0.29, 0.717) is 6.04 Å². The van der Waals surface area contributed by atoms with Crippen LogP contribution in [-0.4, -0.2) is 37.0 Å². The van der Waals surface area contributed by atoms with Crippen LogP contribution in [0.25, 0.3) is 0 Å². The summed E-state index contributed by atoms with van der Waals surface area (Å²) in [7, 11) is 3.65. The molecule has 0 rings (SSSR count). The zero-order valence-corrected chi connectivity index (χ0v) is 8.72. The Morgan fingerprint density at radius 2 is 2.00 bits per heavy atom. The van der Waals surface area contributed by atoms with Crippen molar-refractivity contribution < 1.29 is 4.79 Å². The van der Waals surface area contributed by atoms with E-state index in [2.05, 4.69) is 19.2 Å². The van der Waals surface area contributed by atoms with Gasteiger partial charge in [0.05, 0.1) is 6.04 Å². The molecule has 2 unspecified atom stereocenters. The molecule has 0 aliphatic rings. The zero-order valence-electron chi connectivity index (χ0n) is 8.72. The molecule has 0 spiro atoms. The molecular formula is C9H20N2O. The highest BCUT2D eigenvalue weighted by atomic mass is 16.2. The molecule has 12 heavy (non-hydrogen) atoms. The van der Waals surface area contributed by atoms with Crippen molar-refractivity contribution in [3.8, 4) is 0 Å². The van der Waals surface area contributed by atoms with E-state index >= 15 is 0 Å². The second-order valence-corrected chi connectivity index (χ2v) is 3.22. The summed E-state index contributed by atoms with van der Waals surface area (Å²) in [6.45, 7) is 6.01. The molecular weight excluding hydrogens is 152 g/mol. The van der Waals surface area contributed by atoms with Crippen LogP contribution in [0.3, 0.4) is 0 Å². The molecule has 0 bridgehead atoms. The third-order valence-electron chi connectivity index (χ3n) is 2.40. The van der Waals surface area contributed by atoms with Crippen LogP contribution >= 0.6 is 0 Å². The molecule has 0 saturated carbocycles. The van der Waals surface area contributed by atoms with Gasteiger partial charge in [0.15, 0.2) is 0 Å². The van der Waals surface area contributed by atoms with Gasteiger partial charge in [0.1, 0.15) is 0 Å². The van der Waals surface area contributed by atoms with Crippen LogP contribution in [0.1, 0.15) is 27.2 Å². The van der Waals surface area contributed by atoms with Gasteiger partial charge in [-0.2, -0.15) is 0 Å². The molecule has 0 aromatic rings. The smallest absolute Gasteiger partial charge is 0.239 e. The minimum atomic E-state index is -0.0796. The summed E-state index contributed by atoms with van der Waals surface area (Å²) >= 11 is 0. The molecule has 0 aromatic heterocycles. The Balaban J connectivity index is 4.09. The van der Waals surface area contributed by atoms with Gasteiger partial charge >= 0.3 is 0 Å². The summed E-state index contributed by atoms with van der Waals surface area (Å²) in [5.74, 6) is 0.159.